The highest BCUT2D eigenvalue weighted by Gasteiger charge is 2.14. The fraction of sp³-hybridized carbons (Fsp3) is 0.455. The number of ether oxygens (including phenoxy) is 2. The van der Waals surface area contributed by atoms with Gasteiger partial charge in [0.05, 0.1) is 14.2 Å². The lowest BCUT2D eigenvalue weighted by molar-refractivity contribution is 0.276. The molecule has 90 valence electrons. The number of phenols is 1. The molecule has 0 heterocycles. The topological polar surface area (TPSA) is 84.9 Å². The Balaban J connectivity index is 3.11. The van der Waals surface area contributed by atoms with E-state index in [1.807, 2.05) is 0 Å². The molecule has 1 aromatic carbocycles. The Morgan fingerprint density at radius 3 is 2.12 bits per heavy atom. The molecular weight excluding hydrogens is 210 g/mol. The number of aromatic hydroxyl groups is 1. The van der Waals surface area contributed by atoms with E-state index in [4.69, 9.17) is 20.3 Å². The summed E-state index contributed by atoms with van der Waals surface area (Å²) >= 11 is 0. The van der Waals surface area contributed by atoms with Crippen molar-refractivity contribution >= 4 is 0 Å². The number of aliphatic hydroxyl groups excluding tert-OH is 1. The first-order chi connectivity index (χ1) is 7.63. The van der Waals surface area contributed by atoms with Crippen molar-refractivity contribution in [3.8, 4) is 17.2 Å². The molecule has 0 fully saturated rings. The number of hydrogen-bond acceptors (Lipinski definition) is 5. The molecule has 16 heavy (non-hydrogen) atoms. The van der Waals surface area contributed by atoms with E-state index in [2.05, 4.69) is 0 Å². The Hall–Kier alpha value is -1.46. The Kier molecular flexibility index (Phi) is 4.39. The second-order valence-electron chi connectivity index (χ2n) is 3.39. The van der Waals surface area contributed by atoms with Crippen molar-refractivity contribution in [2.24, 2.45) is 5.73 Å². The SMILES string of the molecule is COc1cc([C@@H](N)CCO)cc(OC)c1O. The van der Waals surface area contributed by atoms with Crippen molar-refractivity contribution < 1.29 is 19.7 Å². The van der Waals surface area contributed by atoms with Gasteiger partial charge in [-0.3, -0.25) is 0 Å². The maximum absolute atomic E-state index is 9.68. The molecule has 1 aromatic rings. The fourth-order valence-electron chi connectivity index (χ4n) is 1.43. The molecule has 0 bridgehead atoms. The third-order valence-electron chi connectivity index (χ3n) is 2.37. The van der Waals surface area contributed by atoms with Crippen LogP contribution in [0.15, 0.2) is 12.1 Å². The van der Waals surface area contributed by atoms with Crippen LogP contribution >= 0.6 is 0 Å². The van der Waals surface area contributed by atoms with Crippen LogP contribution in [-0.2, 0) is 0 Å². The van der Waals surface area contributed by atoms with E-state index >= 15 is 0 Å². The molecule has 0 aliphatic heterocycles. The maximum atomic E-state index is 9.68. The maximum Gasteiger partial charge on any atom is 0.200 e. The monoisotopic (exact) mass is 227 g/mol. The van der Waals surface area contributed by atoms with Crippen LogP contribution in [0.5, 0.6) is 17.2 Å². The van der Waals surface area contributed by atoms with E-state index in [1.165, 1.54) is 14.2 Å². The second-order valence-corrected chi connectivity index (χ2v) is 3.39. The molecule has 1 rings (SSSR count). The minimum atomic E-state index is -0.312. The summed E-state index contributed by atoms with van der Waals surface area (Å²) < 4.78 is 10.0. The second kappa shape index (κ2) is 5.58. The summed E-state index contributed by atoms with van der Waals surface area (Å²) in [5.74, 6) is 0.565. The predicted octanol–water partition coefficient (Wildman–Crippen LogP) is 0.792. The van der Waals surface area contributed by atoms with Gasteiger partial charge in [0.15, 0.2) is 11.5 Å². The van der Waals surface area contributed by atoms with Gasteiger partial charge in [-0.2, -0.15) is 0 Å². The summed E-state index contributed by atoms with van der Waals surface area (Å²) in [7, 11) is 2.91. The molecule has 0 unspecified atom stereocenters. The third-order valence-corrected chi connectivity index (χ3v) is 2.37. The van der Waals surface area contributed by atoms with E-state index in [0.29, 0.717) is 17.9 Å². The lowest BCUT2D eigenvalue weighted by Crippen LogP contribution is -2.12. The van der Waals surface area contributed by atoms with Gasteiger partial charge in [-0.15, -0.1) is 0 Å². The first kappa shape index (κ1) is 12.6. The average molecular weight is 227 g/mol. The van der Waals surface area contributed by atoms with E-state index in [1.54, 1.807) is 12.1 Å². The lowest BCUT2D eigenvalue weighted by atomic mass is 10.0. The Morgan fingerprint density at radius 2 is 1.75 bits per heavy atom. The molecule has 0 amide bonds. The zero-order valence-corrected chi connectivity index (χ0v) is 9.43. The molecule has 4 N–H and O–H groups in total. The summed E-state index contributed by atoms with van der Waals surface area (Å²) in [4.78, 5) is 0. The Morgan fingerprint density at radius 1 is 1.25 bits per heavy atom. The van der Waals surface area contributed by atoms with E-state index in [-0.39, 0.29) is 18.4 Å². The number of hydrogen-bond donors (Lipinski definition) is 3. The summed E-state index contributed by atoms with van der Waals surface area (Å²) in [6.07, 6.45) is 0.442. The van der Waals surface area contributed by atoms with Crippen molar-refractivity contribution in [1.29, 1.82) is 0 Å². The standard InChI is InChI=1S/C11H17NO4/c1-15-9-5-7(8(12)3-4-13)6-10(16-2)11(9)14/h5-6,8,13-14H,3-4,12H2,1-2H3/t8-/m0/s1. The minimum Gasteiger partial charge on any atom is -0.502 e. The lowest BCUT2D eigenvalue weighted by Gasteiger charge is -2.15. The predicted molar refractivity (Wildman–Crippen MR) is 59.8 cm³/mol. The molecule has 0 aromatic heterocycles. The van der Waals surface area contributed by atoms with Crippen molar-refractivity contribution in [3.63, 3.8) is 0 Å². The molecule has 1 atom stereocenters. The van der Waals surface area contributed by atoms with Crippen LogP contribution < -0.4 is 15.2 Å². The minimum absolute atomic E-state index is 0.00662. The van der Waals surface area contributed by atoms with E-state index < -0.39 is 0 Å². The van der Waals surface area contributed by atoms with E-state index in [9.17, 15) is 5.11 Å². The largest absolute Gasteiger partial charge is 0.502 e. The van der Waals surface area contributed by atoms with Crippen molar-refractivity contribution in [1.82, 2.24) is 0 Å². The molecule has 0 saturated heterocycles. The quantitative estimate of drug-likeness (QED) is 0.692. The Bertz CT molecular complexity index is 329. The van der Waals surface area contributed by atoms with Gasteiger partial charge >= 0.3 is 0 Å². The van der Waals surface area contributed by atoms with Crippen LogP contribution in [0.2, 0.25) is 0 Å². The number of phenolic OH excluding ortho intramolecular Hbond substituents is 1. The number of benzene rings is 1. The zero-order chi connectivity index (χ0) is 12.1. The van der Waals surface area contributed by atoms with Crippen LogP contribution in [0.3, 0.4) is 0 Å². The highest BCUT2D eigenvalue weighted by molar-refractivity contribution is 5.53. The van der Waals surface area contributed by atoms with Crippen LogP contribution in [0, 0.1) is 0 Å². The van der Waals surface area contributed by atoms with Crippen LogP contribution in [0.25, 0.3) is 0 Å². The Labute approximate surface area is 94.4 Å². The van der Waals surface area contributed by atoms with Crippen molar-refractivity contribution in [2.75, 3.05) is 20.8 Å². The molecule has 0 aliphatic carbocycles. The molecule has 0 saturated carbocycles. The number of methoxy groups -OCH3 is 2. The van der Waals surface area contributed by atoms with Gasteiger partial charge in [0.1, 0.15) is 0 Å². The summed E-state index contributed by atoms with van der Waals surface area (Å²) in [5, 5.41) is 18.5. The third kappa shape index (κ3) is 2.56. The fourth-order valence-corrected chi connectivity index (χ4v) is 1.43. The number of rotatable bonds is 5. The van der Waals surface area contributed by atoms with Crippen molar-refractivity contribution in [2.45, 2.75) is 12.5 Å². The van der Waals surface area contributed by atoms with Crippen LogP contribution in [0.4, 0.5) is 0 Å². The molecule has 0 radical (unpaired) electrons. The molecule has 0 aliphatic rings. The summed E-state index contributed by atoms with van der Waals surface area (Å²) in [6, 6.07) is 2.96. The number of aliphatic hydroxyl groups is 1. The van der Waals surface area contributed by atoms with Gasteiger partial charge in [0.25, 0.3) is 0 Å². The first-order valence-corrected chi connectivity index (χ1v) is 4.95. The van der Waals surface area contributed by atoms with E-state index in [0.717, 1.165) is 5.56 Å². The summed E-state index contributed by atoms with van der Waals surface area (Å²) in [5.41, 5.74) is 6.60. The number of nitrogens with two attached hydrogens (primary N) is 1. The first-order valence-electron chi connectivity index (χ1n) is 4.95. The smallest absolute Gasteiger partial charge is 0.200 e. The van der Waals surface area contributed by atoms with Crippen molar-refractivity contribution in [3.05, 3.63) is 17.7 Å². The highest BCUT2D eigenvalue weighted by Crippen LogP contribution is 2.38. The molecule has 5 heteroatoms. The average Bonchev–Trinajstić information content (AvgIpc) is 2.29. The van der Waals surface area contributed by atoms with Crippen LogP contribution in [-0.4, -0.2) is 31.0 Å². The highest BCUT2D eigenvalue weighted by atomic mass is 16.5. The van der Waals surface area contributed by atoms with Crippen LogP contribution in [0.1, 0.15) is 18.0 Å². The van der Waals surface area contributed by atoms with Gasteiger partial charge in [-0.1, -0.05) is 0 Å². The molecule has 0 spiro atoms. The molecular formula is C11H17NO4. The normalized spacial score (nSPS) is 12.2. The van der Waals surface area contributed by atoms with Gasteiger partial charge in [-0.05, 0) is 24.1 Å². The van der Waals surface area contributed by atoms with Gasteiger partial charge < -0.3 is 25.4 Å². The van der Waals surface area contributed by atoms with Gasteiger partial charge in [0.2, 0.25) is 5.75 Å². The van der Waals surface area contributed by atoms with Gasteiger partial charge in [-0.25, -0.2) is 0 Å². The zero-order valence-electron chi connectivity index (χ0n) is 9.43. The summed E-state index contributed by atoms with van der Waals surface area (Å²) in [6.45, 7) is 0.00662. The molecule has 5 nitrogen and oxygen atoms in total. The van der Waals surface area contributed by atoms with Gasteiger partial charge in [0, 0.05) is 12.6 Å².